The molecule has 0 fully saturated rings. The van der Waals surface area contributed by atoms with Gasteiger partial charge < -0.3 is 10.1 Å². The van der Waals surface area contributed by atoms with Crippen LogP contribution >= 0.6 is 0 Å². The van der Waals surface area contributed by atoms with Crippen molar-refractivity contribution in [2.75, 3.05) is 5.32 Å². The molecule has 0 saturated heterocycles. The lowest BCUT2D eigenvalue weighted by Gasteiger charge is -2.15. The highest BCUT2D eigenvalue weighted by molar-refractivity contribution is 5.94. The lowest BCUT2D eigenvalue weighted by Crippen LogP contribution is -2.30. The van der Waals surface area contributed by atoms with Crippen LogP contribution in [0.1, 0.15) is 6.92 Å². The Bertz CT molecular complexity index is 803. The third-order valence-corrected chi connectivity index (χ3v) is 3.24. The maximum absolute atomic E-state index is 12.9. The molecule has 1 amide bonds. The van der Waals surface area contributed by atoms with E-state index in [1.54, 1.807) is 31.2 Å². The molecule has 1 heterocycles. The monoisotopic (exact) mass is 327 g/mol. The van der Waals surface area contributed by atoms with Crippen molar-refractivity contribution in [1.29, 1.82) is 0 Å². The second-order valence-electron chi connectivity index (χ2n) is 5.00. The summed E-state index contributed by atoms with van der Waals surface area (Å²) in [4.78, 5) is 12.1. The van der Waals surface area contributed by atoms with E-state index in [2.05, 4.69) is 20.8 Å². The first kappa shape index (κ1) is 15.6. The van der Waals surface area contributed by atoms with Crippen molar-refractivity contribution < 1.29 is 13.9 Å². The minimum absolute atomic E-state index is 0.311. The molecule has 0 aliphatic heterocycles. The number of hydrogen-bond acceptors (Lipinski definition) is 5. The van der Waals surface area contributed by atoms with Gasteiger partial charge in [0.25, 0.3) is 5.91 Å². The van der Waals surface area contributed by atoms with Crippen LogP contribution in [-0.4, -0.2) is 32.2 Å². The van der Waals surface area contributed by atoms with Crippen molar-refractivity contribution in [3.05, 3.63) is 60.7 Å². The normalized spacial score (nSPS) is 11.8. The van der Waals surface area contributed by atoms with Crippen molar-refractivity contribution in [2.24, 2.45) is 0 Å². The molecule has 24 heavy (non-hydrogen) atoms. The van der Waals surface area contributed by atoms with Gasteiger partial charge in [0.05, 0.1) is 5.69 Å². The van der Waals surface area contributed by atoms with Gasteiger partial charge in [0.2, 0.25) is 0 Å². The van der Waals surface area contributed by atoms with Crippen LogP contribution in [0.15, 0.2) is 54.9 Å². The molecule has 122 valence electrons. The molecule has 0 spiro atoms. The van der Waals surface area contributed by atoms with Crippen LogP contribution in [0.3, 0.4) is 0 Å². The SMILES string of the molecule is CC(Oc1ccc(F)cc1)C(=O)Nc1ccc(-n2cnnn2)cc1. The molecule has 1 aromatic heterocycles. The maximum Gasteiger partial charge on any atom is 0.265 e. The summed E-state index contributed by atoms with van der Waals surface area (Å²) in [5.74, 6) is -0.246. The molecule has 7 nitrogen and oxygen atoms in total. The fraction of sp³-hybridized carbons (Fsp3) is 0.125. The van der Waals surface area contributed by atoms with Gasteiger partial charge in [0.15, 0.2) is 6.10 Å². The summed E-state index contributed by atoms with van der Waals surface area (Å²) in [5, 5.41) is 13.6. The van der Waals surface area contributed by atoms with Gasteiger partial charge in [-0.1, -0.05) is 0 Å². The van der Waals surface area contributed by atoms with E-state index in [-0.39, 0.29) is 11.7 Å². The van der Waals surface area contributed by atoms with Gasteiger partial charge in [0, 0.05) is 5.69 Å². The van der Waals surface area contributed by atoms with Crippen LogP contribution in [0.25, 0.3) is 5.69 Å². The van der Waals surface area contributed by atoms with Crippen molar-refractivity contribution in [3.63, 3.8) is 0 Å². The summed E-state index contributed by atoms with van der Waals surface area (Å²) in [5.41, 5.74) is 1.39. The van der Waals surface area contributed by atoms with Crippen LogP contribution in [0.5, 0.6) is 5.75 Å². The number of halogens is 1. The Morgan fingerprint density at radius 2 is 1.88 bits per heavy atom. The van der Waals surface area contributed by atoms with Gasteiger partial charge in [-0.25, -0.2) is 9.07 Å². The van der Waals surface area contributed by atoms with E-state index in [1.165, 1.54) is 35.3 Å². The Labute approximate surface area is 137 Å². The molecule has 2 aromatic carbocycles. The molecule has 1 N–H and O–H groups in total. The highest BCUT2D eigenvalue weighted by Gasteiger charge is 2.15. The van der Waals surface area contributed by atoms with Crippen LogP contribution < -0.4 is 10.1 Å². The summed E-state index contributed by atoms with van der Waals surface area (Å²) >= 11 is 0. The van der Waals surface area contributed by atoms with E-state index in [1.807, 2.05) is 0 Å². The smallest absolute Gasteiger partial charge is 0.265 e. The van der Waals surface area contributed by atoms with Crippen molar-refractivity contribution in [3.8, 4) is 11.4 Å². The molecule has 0 aliphatic rings. The number of rotatable bonds is 5. The zero-order chi connectivity index (χ0) is 16.9. The highest BCUT2D eigenvalue weighted by atomic mass is 19.1. The molecule has 0 aliphatic carbocycles. The number of hydrogen-bond donors (Lipinski definition) is 1. The first-order valence-electron chi connectivity index (χ1n) is 7.18. The number of carbonyl (C=O) groups excluding carboxylic acids is 1. The van der Waals surface area contributed by atoms with Gasteiger partial charge in [-0.2, -0.15) is 0 Å². The fourth-order valence-corrected chi connectivity index (χ4v) is 1.99. The van der Waals surface area contributed by atoms with E-state index in [9.17, 15) is 9.18 Å². The summed E-state index contributed by atoms with van der Waals surface area (Å²) in [6, 6.07) is 12.5. The number of benzene rings is 2. The topological polar surface area (TPSA) is 81.9 Å². The fourth-order valence-electron chi connectivity index (χ4n) is 1.99. The summed E-state index contributed by atoms with van der Waals surface area (Å²) in [7, 11) is 0. The van der Waals surface area contributed by atoms with E-state index in [4.69, 9.17) is 4.74 Å². The van der Waals surface area contributed by atoms with Crippen LogP contribution in [-0.2, 0) is 4.79 Å². The van der Waals surface area contributed by atoms with Crippen molar-refractivity contribution >= 4 is 11.6 Å². The molecule has 0 bridgehead atoms. The quantitative estimate of drug-likeness (QED) is 0.777. The zero-order valence-corrected chi connectivity index (χ0v) is 12.8. The highest BCUT2D eigenvalue weighted by Crippen LogP contribution is 2.15. The largest absolute Gasteiger partial charge is 0.481 e. The molecule has 1 unspecified atom stereocenters. The van der Waals surface area contributed by atoms with Gasteiger partial charge in [-0.15, -0.1) is 5.10 Å². The molecule has 3 aromatic rings. The van der Waals surface area contributed by atoms with Gasteiger partial charge in [-0.05, 0) is 65.9 Å². The lowest BCUT2D eigenvalue weighted by atomic mass is 10.2. The molecule has 8 heteroatoms. The zero-order valence-electron chi connectivity index (χ0n) is 12.8. The molecule has 3 rings (SSSR count). The molecule has 0 saturated carbocycles. The third-order valence-electron chi connectivity index (χ3n) is 3.24. The number of carbonyl (C=O) groups is 1. The van der Waals surface area contributed by atoms with Gasteiger partial charge in [-0.3, -0.25) is 4.79 Å². The molecular weight excluding hydrogens is 313 g/mol. The number of amides is 1. The van der Waals surface area contributed by atoms with Crippen LogP contribution in [0, 0.1) is 5.82 Å². The summed E-state index contributed by atoms with van der Waals surface area (Å²) in [6.07, 6.45) is 0.751. The number of anilines is 1. The number of aromatic nitrogens is 4. The van der Waals surface area contributed by atoms with Gasteiger partial charge in [0.1, 0.15) is 17.9 Å². The Balaban J connectivity index is 1.60. The Kier molecular flexibility index (Phi) is 4.46. The van der Waals surface area contributed by atoms with Crippen molar-refractivity contribution in [2.45, 2.75) is 13.0 Å². The van der Waals surface area contributed by atoms with Crippen LogP contribution in [0.4, 0.5) is 10.1 Å². The predicted octanol–water partition coefficient (Wildman–Crippen LogP) is 2.21. The summed E-state index contributed by atoms with van der Waals surface area (Å²) < 4.78 is 19.8. The van der Waals surface area contributed by atoms with Crippen molar-refractivity contribution in [1.82, 2.24) is 20.2 Å². The average Bonchev–Trinajstić information content (AvgIpc) is 3.12. The van der Waals surface area contributed by atoms with Gasteiger partial charge >= 0.3 is 0 Å². The number of nitrogens with zero attached hydrogens (tertiary/aromatic N) is 4. The Hall–Kier alpha value is -3.29. The minimum Gasteiger partial charge on any atom is -0.481 e. The van der Waals surface area contributed by atoms with E-state index in [0.717, 1.165) is 5.69 Å². The Morgan fingerprint density at radius 1 is 1.17 bits per heavy atom. The Morgan fingerprint density at radius 3 is 2.50 bits per heavy atom. The average molecular weight is 327 g/mol. The first-order valence-corrected chi connectivity index (χ1v) is 7.18. The van der Waals surface area contributed by atoms with E-state index in [0.29, 0.717) is 11.4 Å². The number of ether oxygens (including phenoxy) is 1. The molecule has 0 radical (unpaired) electrons. The molecular formula is C16H14FN5O2. The van der Waals surface area contributed by atoms with E-state index < -0.39 is 6.10 Å². The molecule has 1 atom stereocenters. The lowest BCUT2D eigenvalue weighted by molar-refractivity contribution is -0.122. The second-order valence-corrected chi connectivity index (χ2v) is 5.00. The summed E-state index contributed by atoms with van der Waals surface area (Å²) in [6.45, 7) is 1.62. The third kappa shape index (κ3) is 3.72. The number of tetrazole rings is 1. The minimum atomic E-state index is -0.727. The standard InChI is InChI=1S/C16H14FN5O2/c1-11(24-15-8-2-12(17)3-9-15)16(23)19-13-4-6-14(7-5-13)22-10-18-20-21-22/h2-11H,1H3,(H,19,23). The van der Waals surface area contributed by atoms with Crippen LogP contribution in [0.2, 0.25) is 0 Å². The number of nitrogens with one attached hydrogen (secondary N) is 1. The van der Waals surface area contributed by atoms with E-state index >= 15 is 0 Å². The maximum atomic E-state index is 12.9. The first-order chi connectivity index (χ1) is 11.6. The second kappa shape index (κ2) is 6.86. The predicted molar refractivity (Wildman–Crippen MR) is 84.3 cm³/mol.